The van der Waals surface area contributed by atoms with E-state index in [1.807, 2.05) is 0 Å². The highest BCUT2D eigenvalue weighted by Gasteiger charge is 2.34. The lowest BCUT2D eigenvalue weighted by Gasteiger charge is -2.11. The van der Waals surface area contributed by atoms with Crippen LogP contribution in [0.4, 0.5) is 17.6 Å². The molecule has 1 aromatic carbocycles. The quantitative estimate of drug-likeness (QED) is 0.619. The fraction of sp³-hybridized carbons (Fsp3) is 0.150. The number of nitrogens with zero attached hydrogens (tertiary/aromatic N) is 2. The SMILES string of the molecule is O=C(Cn1cccc(C(F)(F)F)c1=O)NCc1ccc(Oc2ccc(F)cc2)nc1. The fourth-order valence-electron chi connectivity index (χ4n) is 2.49. The first kappa shape index (κ1) is 21.0. The molecule has 156 valence electrons. The maximum atomic E-state index is 12.9. The number of carbonyl (C=O) groups is 1. The maximum absolute atomic E-state index is 12.9. The van der Waals surface area contributed by atoms with Gasteiger partial charge in [0.25, 0.3) is 5.56 Å². The van der Waals surface area contributed by atoms with E-state index in [4.69, 9.17) is 4.74 Å². The molecular formula is C20H15F4N3O3. The normalized spacial score (nSPS) is 11.2. The standard InChI is InChI=1S/C20H15F4N3O3/c21-14-4-6-15(7-5-14)30-18-8-3-13(11-26-18)10-25-17(28)12-27-9-1-2-16(19(27)29)20(22,23)24/h1-9,11H,10,12H2,(H,25,28). The zero-order valence-corrected chi connectivity index (χ0v) is 15.3. The van der Waals surface area contributed by atoms with E-state index in [0.717, 1.165) is 12.3 Å². The summed E-state index contributed by atoms with van der Waals surface area (Å²) in [6.07, 6.45) is -2.24. The third-order valence-electron chi connectivity index (χ3n) is 3.96. The Hall–Kier alpha value is -3.69. The Labute approximate surface area is 167 Å². The number of halogens is 4. The van der Waals surface area contributed by atoms with Crippen LogP contribution in [-0.4, -0.2) is 15.5 Å². The van der Waals surface area contributed by atoms with Crippen molar-refractivity contribution >= 4 is 5.91 Å². The third kappa shape index (κ3) is 5.43. The molecule has 0 aliphatic rings. The van der Waals surface area contributed by atoms with Gasteiger partial charge in [0.2, 0.25) is 11.8 Å². The van der Waals surface area contributed by atoms with Crippen molar-refractivity contribution in [2.45, 2.75) is 19.3 Å². The first-order valence-corrected chi connectivity index (χ1v) is 8.64. The predicted octanol–water partition coefficient (Wildman–Crippen LogP) is 3.51. The number of alkyl halides is 3. The molecule has 1 amide bonds. The smallest absolute Gasteiger partial charge is 0.421 e. The molecule has 0 saturated heterocycles. The minimum Gasteiger partial charge on any atom is -0.439 e. The molecule has 2 aromatic heterocycles. The van der Waals surface area contributed by atoms with Crippen molar-refractivity contribution in [3.8, 4) is 11.6 Å². The summed E-state index contributed by atoms with van der Waals surface area (Å²) in [4.78, 5) is 27.9. The largest absolute Gasteiger partial charge is 0.439 e. The van der Waals surface area contributed by atoms with Gasteiger partial charge in [0, 0.05) is 25.0 Å². The zero-order chi connectivity index (χ0) is 21.7. The molecule has 3 rings (SSSR count). The monoisotopic (exact) mass is 421 g/mol. The van der Waals surface area contributed by atoms with Gasteiger partial charge in [0.15, 0.2) is 0 Å². The number of hydrogen-bond donors (Lipinski definition) is 1. The molecule has 0 spiro atoms. The van der Waals surface area contributed by atoms with Gasteiger partial charge in [0.05, 0.1) is 0 Å². The van der Waals surface area contributed by atoms with Crippen LogP contribution in [0, 0.1) is 5.82 Å². The number of rotatable bonds is 6. The summed E-state index contributed by atoms with van der Waals surface area (Å²) >= 11 is 0. The molecule has 0 unspecified atom stereocenters. The average molecular weight is 421 g/mol. The van der Waals surface area contributed by atoms with Crippen molar-refractivity contribution in [3.05, 3.63) is 88.2 Å². The molecule has 1 N–H and O–H groups in total. The Morgan fingerprint density at radius 1 is 1.10 bits per heavy atom. The number of hydrogen-bond acceptors (Lipinski definition) is 4. The van der Waals surface area contributed by atoms with Crippen molar-refractivity contribution in [2.75, 3.05) is 0 Å². The Morgan fingerprint density at radius 3 is 2.47 bits per heavy atom. The first-order valence-electron chi connectivity index (χ1n) is 8.64. The van der Waals surface area contributed by atoms with Crippen LogP contribution in [-0.2, 0) is 24.1 Å². The van der Waals surface area contributed by atoms with E-state index >= 15 is 0 Å². The highest BCUT2D eigenvalue weighted by atomic mass is 19.4. The predicted molar refractivity (Wildman–Crippen MR) is 98.3 cm³/mol. The van der Waals surface area contributed by atoms with E-state index < -0.39 is 35.6 Å². The molecule has 0 saturated carbocycles. The van der Waals surface area contributed by atoms with Gasteiger partial charge in [-0.25, -0.2) is 9.37 Å². The zero-order valence-electron chi connectivity index (χ0n) is 15.3. The summed E-state index contributed by atoms with van der Waals surface area (Å²) in [7, 11) is 0. The fourth-order valence-corrected chi connectivity index (χ4v) is 2.49. The highest BCUT2D eigenvalue weighted by Crippen LogP contribution is 2.26. The second kappa shape index (κ2) is 8.76. The second-order valence-electron chi connectivity index (χ2n) is 6.19. The van der Waals surface area contributed by atoms with Gasteiger partial charge >= 0.3 is 6.18 Å². The minimum absolute atomic E-state index is 0.0520. The summed E-state index contributed by atoms with van der Waals surface area (Å²) in [5.41, 5.74) is -2.02. The molecule has 6 nitrogen and oxygen atoms in total. The van der Waals surface area contributed by atoms with E-state index in [0.29, 0.717) is 21.9 Å². The third-order valence-corrected chi connectivity index (χ3v) is 3.96. The van der Waals surface area contributed by atoms with Crippen LogP contribution < -0.4 is 15.6 Å². The summed E-state index contributed by atoms with van der Waals surface area (Å²) < 4.78 is 57.4. The summed E-state index contributed by atoms with van der Waals surface area (Å²) in [6, 6.07) is 10.3. The molecule has 0 aliphatic carbocycles. The van der Waals surface area contributed by atoms with Gasteiger partial charge < -0.3 is 14.6 Å². The average Bonchev–Trinajstić information content (AvgIpc) is 2.70. The van der Waals surface area contributed by atoms with Crippen LogP contribution in [0.15, 0.2) is 65.7 Å². The number of nitrogens with one attached hydrogen (secondary N) is 1. The number of ether oxygens (including phenoxy) is 1. The maximum Gasteiger partial charge on any atom is 0.421 e. The summed E-state index contributed by atoms with van der Waals surface area (Å²) in [5, 5.41) is 2.51. The van der Waals surface area contributed by atoms with Crippen LogP contribution in [0.2, 0.25) is 0 Å². The van der Waals surface area contributed by atoms with Gasteiger partial charge in [-0.1, -0.05) is 6.07 Å². The number of aromatic nitrogens is 2. The van der Waals surface area contributed by atoms with E-state index in [9.17, 15) is 27.2 Å². The van der Waals surface area contributed by atoms with Crippen LogP contribution in [0.25, 0.3) is 0 Å². The van der Waals surface area contributed by atoms with Gasteiger partial charge in [-0.05, 0) is 42.0 Å². The topological polar surface area (TPSA) is 73.2 Å². The molecule has 0 atom stereocenters. The lowest BCUT2D eigenvalue weighted by molar-refractivity contribution is -0.139. The Balaban J connectivity index is 1.56. The molecule has 30 heavy (non-hydrogen) atoms. The summed E-state index contributed by atoms with van der Waals surface area (Å²) in [5.74, 6) is -0.374. The van der Waals surface area contributed by atoms with Gasteiger partial charge in [-0.2, -0.15) is 13.2 Å². The van der Waals surface area contributed by atoms with Crippen molar-refractivity contribution in [2.24, 2.45) is 0 Å². The number of carbonyl (C=O) groups excluding carboxylic acids is 1. The molecule has 0 radical (unpaired) electrons. The molecule has 3 aromatic rings. The van der Waals surface area contributed by atoms with Crippen molar-refractivity contribution in [1.29, 1.82) is 0 Å². The minimum atomic E-state index is -4.79. The Bertz CT molecular complexity index is 1080. The van der Waals surface area contributed by atoms with Gasteiger partial charge in [0.1, 0.15) is 23.7 Å². The second-order valence-corrected chi connectivity index (χ2v) is 6.19. The first-order chi connectivity index (χ1) is 14.2. The van der Waals surface area contributed by atoms with Crippen LogP contribution in [0.3, 0.4) is 0 Å². The van der Waals surface area contributed by atoms with Crippen molar-refractivity contribution < 1.29 is 27.1 Å². The summed E-state index contributed by atoms with van der Waals surface area (Å²) in [6.45, 7) is -0.502. The van der Waals surface area contributed by atoms with Crippen LogP contribution in [0.1, 0.15) is 11.1 Å². The lowest BCUT2D eigenvalue weighted by atomic mass is 10.2. The Morgan fingerprint density at radius 2 is 1.83 bits per heavy atom. The van der Waals surface area contributed by atoms with Crippen molar-refractivity contribution in [3.63, 3.8) is 0 Å². The van der Waals surface area contributed by atoms with E-state index in [1.165, 1.54) is 30.5 Å². The van der Waals surface area contributed by atoms with Gasteiger partial charge in [-0.15, -0.1) is 0 Å². The highest BCUT2D eigenvalue weighted by molar-refractivity contribution is 5.75. The Kier molecular flexibility index (Phi) is 6.14. The van der Waals surface area contributed by atoms with Gasteiger partial charge in [-0.3, -0.25) is 9.59 Å². The number of benzene rings is 1. The van der Waals surface area contributed by atoms with E-state index in [1.54, 1.807) is 12.1 Å². The van der Waals surface area contributed by atoms with Crippen LogP contribution in [0.5, 0.6) is 11.6 Å². The van der Waals surface area contributed by atoms with E-state index in [2.05, 4.69) is 10.3 Å². The number of pyridine rings is 2. The molecule has 0 bridgehead atoms. The molecule has 0 aliphatic heterocycles. The lowest BCUT2D eigenvalue weighted by Crippen LogP contribution is -2.34. The molecule has 2 heterocycles. The molecular weight excluding hydrogens is 406 g/mol. The molecule has 10 heteroatoms. The van der Waals surface area contributed by atoms with E-state index in [-0.39, 0.29) is 12.4 Å². The van der Waals surface area contributed by atoms with Crippen molar-refractivity contribution in [1.82, 2.24) is 14.9 Å². The number of amides is 1. The molecule has 0 fully saturated rings. The van der Waals surface area contributed by atoms with Crippen LogP contribution >= 0.6 is 0 Å².